The number of nitrogens with zero attached hydrogens (tertiary/aromatic N) is 3. The number of hydrogen-bond donors (Lipinski definition) is 2. The largest absolute Gasteiger partial charge is 0.478 e. The Hall–Kier alpha value is -2.47. The van der Waals surface area contributed by atoms with Crippen molar-refractivity contribution in [1.29, 1.82) is 0 Å². The first-order valence-electron chi connectivity index (χ1n) is 6.62. The van der Waals surface area contributed by atoms with Gasteiger partial charge < -0.3 is 15.3 Å². The normalized spacial score (nSPS) is 10.6. The zero-order valence-electron chi connectivity index (χ0n) is 12.1. The highest BCUT2D eigenvalue weighted by molar-refractivity contribution is 5.94. The lowest BCUT2D eigenvalue weighted by Crippen LogP contribution is -2.21. The van der Waals surface area contributed by atoms with E-state index in [-0.39, 0.29) is 5.56 Å². The van der Waals surface area contributed by atoms with Crippen molar-refractivity contribution in [3.8, 4) is 11.3 Å². The van der Waals surface area contributed by atoms with Crippen LogP contribution < -0.4 is 5.32 Å². The average molecular weight is 286 g/mol. The molecule has 2 rings (SSSR count). The van der Waals surface area contributed by atoms with E-state index in [0.717, 1.165) is 12.1 Å². The van der Waals surface area contributed by atoms with Gasteiger partial charge in [-0.15, -0.1) is 0 Å². The van der Waals surface area contributed by atoms with Crippen molar-refractivity contribution in [3.05, 3.63) is 42.1 Å². The van der Waals surface area contributed by atoms with Crippen molar-refractivity contribution >= 4 is 11.9 Å². The van der Waals surface area contributed by atoms with Crippen molar-refractivity contribution in [2.45, 2.75) is 0 Å². The van der Waals surface area contributed by atoms with Crippen LogP contribution in [-0.4, -0.2) is 53.1 Å². The van der Waals surface area contributed by atoms with Gasteiger partial charge in [0.2, 0.25) is 5.95 Å². The minimum absolute atomic E-state index is 0.0966. The molecule has 0 spiro atoms. The van der Waals surface area contributed by atoms with Crippen LogP contribution >= 0.6 is 0 Å². The molecule has 0 radical (unpaired) electrons. The Bertz CT molecular complexity index is 614. The molecule has 0 atom stereocenters. The van der Waals surface area contributed by atoms with Gasteiger partial charge in [-0.2, -0.15) is 0 Å². The summed E-state index contributed by atoms with van der Waals surface area (Å²) in [5, 5.41) is 12.4. The molecule has 6 heteroatoms. The second-order valence-electron chi connectivity index (χ2n) is 4.86. The number of likely N-dealkylation sites (N-methyl/N-ethyl adjacent to an activating group) is 1. The Balaban J connectivity index is 2.29. The van der Waals surface area contributed by atoms with Crippen molar-refractivity contribution in [3.63, 3.8) is 0 Å². The number of carboxylic acid groups (broad SMARTS) is 1. The molecule has 6 nitrogen and oxygen atoms in total. The van der Waals surface area contributed by atoms with Gasteiger partial charge in [0, 0.05) is 24.8 Å². The number of carboxylic acids is 1. The number of aromatic carboxylic acids is 1. The predicted molar refractivity (Wildman–Crippen MR) is 81.5 cm³/mol. The van der Waals surface area contributed by atoms with Gasteiger partial charge in [-0.1, -0.05) is 30.3 Å². The molecule has 0 saturated carbocycles. The standard InChI is InChI=1S/C15H18N4O2/c1-19(2)9-8-16-15-17-10-12(14(20)21)13(18-15)11-6-4-3-5-7-11/h3-7,10H,8-9H2,1-2H3,(H,20,21)(H,16,17,18). The third kappa shape index (κ3) is 4.00. The van der Waals surface area contributed by atoms with Gasteiger partial charge in [-0.25, -0.2) is 14.8 Å². The number of anilines is 1. The molecule has 110 valence electrons. The lowest BCUT2D eigenvalue weighted by atomic mass is 10.1. The van der Waals surface area contributed by atoms with Crippen molar-refractivity contribution < 1.29 is 9.90 Å². The summed E-state index contributed by atoms with van der Waals surface area (Å²) in [4.78, 5) is 21.7. The molecule has 0 amide bonds. The Kier molecular flexibility index (Phi) is 4.84. The van der Waals surface area contributed by atoms with Crippen LogP contribution in [0.1, 0.15) is 10.4 Å². The van der Waals surface area contributed by atoms with Gasteiger partial charge in [0.1, 0.15) is 5.56 Å². The molecule has 1 aromatic heterocycles. The van der Waals surface area contributed by atoms with Gasteiger partial charge in [0.25, 0.3) is 0 Å². The first-order chi connectivity index (χ1) is 10.1. The van der Waals surface area contributed by atoms with Gasteiger partial charge in [-0.3, -0.25) is 0 Å². The summed E-state index contributed by atoms with van der Waals surface area (Å²) in [6.45, 7) is 1.53. The molecule has 0 saturated heterocycles. The smallest absolute Gasteiger partial charge is 0.339 e. The van der Waals surface area contributed by atoms with Crippen LogP contribution in [0.3, 0.4) is 0 Å². The molecule has 0 aliphatic rings. The lowest BCUT2D eigenvalue weighted by molar-refractivity contribution is 0.0697. The molecule has 0 aliphatic carbocycles. The van der Waals surface area contributed by atoms with Crippen LogP contribution in [0, 0.1) is 0 Å². The minimum Gasteiger partial charge on any atom is -0.478 e. The molecule has 0 unspecified atom stereocenters. The number of benzene rings is 1. The monoisotopic (exact) mass is 286 g/mol. The fraction of sp³-hybridized carbons (Fsp3) is 0.267. The fourth-order valence-corrected chi connectivity index (χ4v) is 1.83. The van der Waals surface area contributed by atoms with E-state index in [1.54, 1.807) is 0 Å². The fourth-order valence-electron chi connectivity index (χ4n) is 1.83. The van der Waals surface area contributed by atoms with Crippen LogP contribution in [0.2, 0.25) is 0 Å². The van der Waals surface area contributed by atoms with E-state index in [1.807, 2.05) is 49.3 Å². The first-order valence-corrected chi connectivity index (χ1v) is 6.62. The number of hydrogen-bond acceptors (Lipinski definition) is 5. The maximum atomic E-state index is 11.3. The van der Waals surface area contributed by atoms with Crippen LogP contribution in [0.15, 0.2) is 36.5 Å². The molecule has 2 N–H and O–H groups in total. The number of carbonyl (C=O) groups is 1. The second-order valence-corrected chi connectivity index (χ2v) is 4.86. The molecule has 1 heterocycles. The molecular formula is C15H18N4O2. The van der Waals surface area contributed by atoms with Crippen LogP contribution in [-0.2, 0) is 0 Å². The predicted octanol–water partition coefficient (Wildman–Crippen LogP) is 1.82. The molecule has 0 aliphatic heterocycles. The maximum absolute atomic E-state index is 11.3. The number of aromatic nitrogens is 2. The average Bonchev–Trinajstić information content (AvgIpc) is 2.47. The van der Waals surface area contributed by atoms with E-state index >= 15 is 0 Å². The molecule has 2 aromatic rings. The Morgan fingerprint density at radius 3 is 2.62 bits per heavy atom. The van der Waals surface area contributed by atoms with Crippen LogP contribution in [0.4, 0.5) is 5.95 Å². The van der Waals surface area contributed by atoms with Crippen molar-refractivity contribution in [1.82, 2.24) is 14.9 Å². The van der Waals surface area contributed by atoms with Gasteiger partial charge in [0.05, 0.1) is 5.69 Å². The van der Waals surface area contributed by atoms with E-state index in [2.05, 4.69) is 15.3 Å². The number of rotatable bonds is 6. The number of nitrogens with one attached hydrogen (secondary N) is 1. The Morgan fingerprint density at radius 2 is 2.00 bits per heavy atom. The van der Waals surface area contributed by atoms with Crippen LogP contribution in [0.25, 0.3) is 11.3 Å². The summed E-state index contributed by atoms with van der Waals surface area (Å²) in [7, 11) is 3.96. The topological polar surface area (TPSA) is 78.4 Å². The maximum Gasteiger partial charge on any atom is 0.339 e. The highest BCUT2D eigenvalue weighted by Crippen LogP contribution is 2.22. The summed E-state index contributed by atoms with van der Waals surface area (Å²) in [6, 6.07) is 9.24. The van der Waals surface area contributed by atoms with Crippen LogP contribution in [0.5, 0.6) is 0 Å². The van der Waals surface area contributed by atoms with E-state index < -0.39 is 5.97 Å². The Morgan fingerprint density at radius 1 is 1.29 bits per heavy atom. The van der Waals surface area contributed by atoms with Crippen molar-refractivity contribution in [2.24, 2.45) is 0 Å². The van der Waals surface area contributed by atoms with E-state index in [0.29, 0.717) is 18.2 Å². The first kappa shape index (κ1) is 14.9. The third-order valence-electron chi connectivity index (χ3n) is 2.91. The summed E-state index contributed by atoms with van der Waals surface area (Å²) in [5.41, 5.74) is 1.28. The Labute approximate surface area is 123 Å². The molecule has 0 bridgehead atoms. The molecule has 0 fully saturated rings. The summed E-state index contributed by atoms with van der Waals surface area (Å²) >= 11 is 0. The lowest BCUT2D eigenvalue weighted by Gasteiger charge is -2.12. The van der Waals surface area contributed by atoms with Gasteiger partial charge in [0.15, 0.2) is 0 Å². The highest BCUT2D eigenvalue weighted by Gasteiger charge is 2.15. The van der Waals surface area contributed by atoms with E-state index in [1.165, 1.54) is 6.20 Å². The zero-order valence-corrected chi connectivity index (χ0v) is 12.1. The van der Waals surface area contributed by atoms with Gasteiger partial charge in [-0.05, 0) is 14.1 Å². The third-order valence-corrected chi connectivity index (χ3v) is 2.91. The van der Waals surface area contributed by atoms with E-state index in [9.17, 15) is 9.90 Å². The van der Waals surface area contributed by atoms with Gasteiger partial charge >= 0.3 is 5.97 Å². The highest BCUT2D eigenvalue weighted by atomic mass is 16.4. The molecular weight excluding hydrogens is 268 g/mol. The quantitative estimate of drug-likeness (QED) is 0.843. The zero-order chi connectivity index (χ0) is 15.2. The van der Waals surface area contributed by atoms with E-state index in [4.69, 9.17) is 0 Å². The van der Waals surface area contributed by atoms with Crippen molar-refractivity contribution in [2.75, 3.05) is 32.5 Å². The summed E-state index contributed by atoms with van der Waals surface area (Å²) < 4.78 is 0. The second kappa shape index (κ2) is 6.81. The summed E-state index contributed by atoms with van der Waals surface area (Å²) in [5.74, 6) is -0.602. The summed E-state index contributed by atoms with van der Waals surface area (Å²) in [6.07, 6.45) is 1.34. The SMILES string of the molecule is CN(C)CCNc1ncc(C(=O)O)c(-c2ccccc2)n1. The molecule has 1 aromatic carbocycles. The minimum atomic E-state index is -1.03. The molecule has 21 heavy (non-hydrogen) atoms.